The van der Waals surface area contributed by atoms with E-state index < -0.39 is 42.4 Å². The van der Waals surface area contributed by atoms with Gasteiger partial charge in [-0.05, 0) is 92.5 Å². The van der Waals surface area contributed by atoms with Gasteiger partial charge < -0.3 is 36.9 Å². The fourth-order valence-corrected chi connectivity index (χ4v) is 7.36. The van der Waals surface area contributed by atoms with Crippen molar-refractivity contribution in [1.29, 1.82) is 0 Å². The van der Waals surface area contributed by atoms with Crippen LogP contribution in [0.5, 0.6) is 0 Å². The Labute approximate surface area is 336 Å². The Morgan fingerprint density at radius 3 is 2.12 bits per heavy atom. The van der Waals surface area contributed by atoms with Gasteiger partial charge in [-0.15, -0.1) is 0 Å². The number of amides is 5. The first kappa shape index (κ1) is 40.3. The highest BCUT2D eigenvalue weighted by atomic mass is 35.5. The number of fused-ring (bicyclic) bond motifs is 1. The Morgan fingerprint density at radius 2 is 1.43 bits per heavy atom. The Balaban J connectivity index is 1.08. The fourth-order valence-electron chi connectivity index (χ4n) is 6.84. The molecule has 2 heterocycles. The monoisotopic (exact) mass is 796 g/mol. The number of urea groups is 1. The van der Waals surface area contributed by atoms with Crippen molar-refractivity contribution in [2.45, 2.75) is 50.9 Å². The second-order valence-corrected chi connectivity index (χ2v) is 14.6. The van der Waals surface area contributed by atoms with Gasteiger partial charge in [0.2, 0.25) is 17.7 Å². The predicted molar refractivity (Wildman–Crippen MR) is 222 cm³/mol. The van der Waals surface area contributed by atoms with Gasteiger partial charge in [0.25, 0.3) is 0 Å². The number of likely N-dealkylation sites (tertiary alicyclic amines) is 1. The van der Waals surface area contributed by atoms with Crippen molar-refractivity contribution in [1.82, 2.24) is 25.4 Å². The number of hydrogen-bond donors (Lipinski definition) is 6. The molecular weight excluding hydrogens is 751 g/mol. The summed E-state index contributed by atoms with van der Waals surface area (Å²) in [5.41, 5.74) is 10.7. The summed E-state index contributed by atoms with van der Waals surface area (Å²) in [6.07, 6.45) is 4.77. The van der Waals surface area contributed by atoms with Gasteiger partial charge in [-0.25, -0.2) is 4.79 Å². The number of nitrogens with one attached hydrogen (secondary N) is 5. The van der Waals surface area contributed by atoms with E-state index in [4.69, 9.17) is 28.9 Å². The number of rotatable bonds is 16. The molecule has 4 aromatic carbocycles. The zero-order valence-electron chi connectivity index (χ0n) is 30.9. The Morgan fingerprint density at radius 1 is 0.732 bits per heavy atom. The standard InChI is InChI=1S/C42H46Cl2N8O4/c43-34-14-9-15-35(44)33(34)27-52-26-29(25-51-20-7-8-21-51)32-23-31(16-17-38(32)52)48-42(56)46-24-39(53)49-36(18-19-45)40(54)50-37(22-28-10-3-1-4-11-28)41(55)47-30-12-5-2-6-13-30/h1-6,9-17,23,26,36-37H,7-8,18-22,24-25,27,45H2,(H,47,55)(H,49,53)(H,50,54)(H2,46,48,56)/t36-,37+/m0/s1. The molecule has 292 valence electrons. The third-order valence-corrected chi connectivity index (χ3v) is 10.4. The van der Waals surface area contributed by atoms with Crippen molar-refractivity contribution in [2.75, 3.05) is 36.8 Å². The van der Waals surface area contributed by atoms with Crippen LogP contribution in [0.15, 0.2) is 103 Å². The SMILES string of the molecule is NCC[C@H](NC(=O)CNC(=O)Nc1ccc2c(c1)c(CN1CCCC1)cn2Cc1c(Cl)cccc1Cl)C(=O)N[C@H](Cc1ccccc1)C(=O)Nc1ccccc1. The lowest BCUT2D eigenvalue weighted by molar-refractivity contribution is -0.130. The zero-order valence-corrected chi connectivity index (χ0v) is 32.4. The largest absolute Gasteiger partial charge is 0.343 e. The van der Waals surface area contributed by atoms with E-state index >= 15 is 0 Å². The first-order valence-corrected chi connectivity index (χ1v) is 19.4. The Kier molecular flexibility index (Phi) is 14.0. The number of carbonyl (C=O) groups excluding carboxylic acids is 4. The predicted octanol–water partition coefficient (Wildman–Crippen LogP) is 5.91. The van der Waals surface area contributed by atoms with Crippen LogP contribution in [0.1, 0.15) is 36.0 Å². The van der Waals surface area contributed by atoms with Gasteiger partial charge in [0.1, 0.15) is 12.1 Å². The molecule has 2 atom stereocenters. The van der Waals surface area contributed by atoms with Crippen LogP contribution in [0.2, 0.25) is 10.0 Å². The van der Waals surface area contributed by atoms with E-state index in [1.54, 1.807) is 30.3 Å². The van der Waals surface area contributed by atoms with Crippen LogP contribution in [-0.4, -0.2) is 71.5 Å². The topological polar surface area (TPSA) is 163 Å². The molecule has 5 amide bonds. The van der Waals surface area contributed by atoms with Crippen LogP contribution in [0.3, 0.4) is 0 Å². The van der Waals surface area contributed by atoms with Crippen molar-refractivity contribution in [3.8, 4) is 0 Å². The van der Waals surface area contributed by atoms with E-state index in [-0.39, 0.29) is 19.4 Å². The number of nitrogens with two attached hydrogens (primary N) is 1. The quantitative estimate of drug-likeness (QED) is 0.0728. The zero-order chi connectivity index (χ0) is 39.4. The van der Waals surface area contributed by atoms with Crippen LogP contribution >= 0.6 is 23.2 Å². The molecule has 0 radical (unpaired) electrons. The summed E-state index contributed by atoms with van der Waals surface area (Å²) in [5, 5.41) is 15.9. The minimum absolute atomic E-state index is 0.0984. The maximum atomic E-state index is 13.5. The molecule has 7 N–H and O–H groups in total. The van der Waals surface area contributed by atoms with Gasteiger partial charge in [-0.2, -0.15) is 0 Å². The van der Waals surface area contributed by atoms with E-state index in [2.05, 4.69) is 42.2 Å². The molecule has 6 rings (SSSR count). The molecule has 0 saturated carbocycles. The van der Waals surface area contributed by atoms with Crippen LogP contribution in [0.25, 0.3) is 10.9 Å². The van der Waals surface area contributed by atoms with Gasteiger partial charge in [0, 0.05) is 57.0 Å². The average Bonchev–Trinajstić information content (AvgIpc) is 3.83. The Bertz CT molecular complexity index is 2120. The van der Waals surface area contributed by atoms with Crippen LogP contribution < -0.4 is 32.3 Å². The number of aromatic nitrogens is 1. The van der Waals surface area contributed by atoms with Gasteiger partial charge >= 0.3 is 6.03 Å². The lowest BCUT2D eigenvalue weighted by atomic mass is 10.0. The number of halogens is 2. The normalized spacial score (nSPS) is 13.8. The van der Waals surface area contributed by atoms with Crippen molar-refractivity contribution >= 4 is 69.2 Å². The van der Waals surface area contributed by atoms with Gasteiger partial charge in [-0.3, -0.25) is 19.3 Å². The lowest BCUT2D eigenvalue weighted by Gasteiger charge is -2.23. The summed E-state index contributed by atoms with van der Waals surface area (Å²) < 4.78 is 2.12. The van der Waals surface area contributed by atoms with E-state index in [1.807, 2.05) is 66.7 Å². The smallest absolute Gasteiger partial charge is 0.319 e. The molecule has 14 heteroatoms. The average molecular weight is 798 g/mol. The molecular formula is C42H46Cl2N8O4. The van der Waals surface area contributed by atoms with Gasteiger partial charge in [-0.1, -0.05) is 77.8 Å². The van der Waals surface area contributed by atoms with Crippen molar-refractivity contribution < 1.29 is 19.2 Å². The van der Waals surface area contributed by atoms with E-state index in [9.17, 15) is 19.2 Å². The van der Waals surface area contributed by atoms with Crippen molar-refractivity contribution in [3.63, 3.8) is 0 Å². The molecule has 0 bridgehead atoms. The molecule has 1 aromatic heterocycles. The first-order chi connectivity index (χ1) is 27.2. The lowest BCUT2D eigenvalue weighted by Crippen LogP contribution is -2.55. The third kappa shape index (κ3) is 10.9. The fraction of sp³-hybridized carbons (Fsp3) is 0.286. The molecule has 0 aliphatic carbocycles. The van der Waals surface area contributed by atoms with Gasteiger partial charge in [0.15, 0.2) is 0 Å². The summed E-state index contributed by atoms with van der Waals surface area (Å²) in [4.78, 5) is 55.3. The molecule has 56 heavy (non-hydrogen) atoms. The molecule has 5 aromatic rings. The summed E-state index contributed by atoms with van der Waals surface area (Å²) in [5.74, 6) is -1.58. The van der Waals surface area contributed by atoms with Crippen molar-refractivity contribution in [3.05, 3.63) is 130 Å². The minimum atomic E-state index is -1.04. The summed E-state index contributed by atoms with van der Waals surface area (Å²) in [6.45, 7) is 2.99. The van der Waals surface area contributed by atoms with E-state index in [0.717, 1.165) is 60.1 Å². The highest BCUT2D eigenvalue weighted by Crippen LogP contribution is 2.31. The van der Waals surface area contributed by atoms with Crippen molar-refractivity contribution in [2.24, 2.45) is 5.73 Å². The highest BCUT2D eigenvalue weighted by Gasteiger charge is 2.27. The van der Waals surface area contributed by atoms with Crippen LogP contribution in [0.4, 0.5) is 16.2 Å². The number of benzene rings is 4. The Hall–Kier alpha value is -5.40. The number of carbonyl (C=O) groups is 4. The highest BCUT2D eigenvalue weighted by molar-refractivity contribution is 6.36. The molecule has 1 saturated heterocycles. The third-order valence-electron chi connectivity index (χ3n) is 9.68. The minimum Gasteiger partial charge on any atom is -0.343 e. The second kappa shape index (κ2) is 19.5. The van der Waals surface area contributed by atoms with Crippen LogP contribution in [-0.2, 0) is 33.9 Å². The summed E-state index contributed by atoms with van der Waals surface area (Å²) in [6, 6.07) is 26.8. The summed E-state index contributed by atoms with van der Waals surface area (Å²) >= 11 is 13.0. The second-order valence-electron chi connectivity index (χ2n) is 13.8. The molecule has 1 aliphatic rings. The molecule has 0 unspecified atom stereocenters. The maximum absolute atomic E-state index is 13.5. The van der Waals surface area contributed by atoms with E-state index in [1.165, 1.54) is 0 Å². The van der Waals surface area contributed by atoms with Gasteiger partial charge in [0.05, 0.1) is 13.1 Å². The summed E-state index contributed by atoms with van der Waals surface area (Å²) in [7, 11) is 0. The molecule has 1 fully saturated rings. The molecule has 12 nitrogen and oxygen atoms in total. The maximum Gasteiger partial charge on any atom is 0.319 e. The number of nitrogens with zero attached hydrogens (tertiary/aromatic N) is 2. The molecule has 0 spiro atoms. The number of anilines is 2. The number of para-hydroxylation sites is 1. The molecule has 1 aliphatic heterocycles. The first-order valence-electron chi connectivity index (χ1n) is 18.7. The van der Waals surface area contributed by atoms with Crippen LogP contribution in [0, 0.1) is 0 Å². The number of hydrogen-bond acceptors (Lipinski definition) is 6. The van der Waals surface area contributed by atoms with E-state index in [0.29, 0.717) is 28.0 Å².